The van der Waals surface area contributed by atoms with Gasteiger partial charge in [0.25, 0.3) is 0 Å². The van der Waals surface area contributed by atoms with Gasteiger partial charge in [-0.3, -0.25) is 9.59 Å². The first-order valence-electron chi connectivity index (χ1n) is 4.46. The van der Waals surface area contributed by atoms with E-state index in [4.69, 9.17) is 5.11 Å². The molecule has 0 unspecified atom stereocenters. The van der Waals surface area contributed by atoms with E-state index < -0.39 is 5.97 Å². The van der Waals surface area contributed by atoms with Gasteiger partial charge in [-0.05, 0) is 31.1 Å². The summed E-state index contributed by atoms with van der Waals surface area (Å²) in [6.07, 6.45) is -0.0221. The molecule has 0 bridgehead atoms. The maximum Gasteiger partial charge on any atom is 0.307 e. The minimum absolute atomic E-state index is 0.0221. The summed E-state index contributed by atoms with van der Waals surface area (Å²) in [6.45, 7) is 0.354. The number of aliphatic carboxylic acids is 1. The summed E-state index contributed by atoms with van der Waals surface area (Å²) in [5.41, 5.74) is 0.689. The third-order valence-corrected chi connectivity index (χ3v) is 2.76. The van der Waals surface area contributed by atoms with Crippen LogP contribution in [0.3, 0.4) is 0 Å². The Morgan fingerprint density at radius 1 is 1.47 bits per heavy atom. The van der Waals surface area contributed by atoms with Crippen LogP contribution in [0, 0.1) is 0 Å². The number of ketones is 1. The first kappa shape index (κ1) is 11.9. The number of carboxylic acid groups (broad SMARTS) is 1. The molecule has 0 aliphatic rings. The first-order chi connectivity index (χ1) is 6.99. The number of likely N-dealkylation sites (N-methyl/N-ethyl adjacent to an activating group) is 1. The number of hydrogen-bond acceptors (Lipinski definition) is 4. The maximum absolute atomic E-state index is 11.6. The van der Waals surface area contributed by atoms with Crippen LogP contribution >= 0.6 is 11.3 Å². The second kappa shape index (κ2) is 5.04. The molecule has 1 aromatic rings. The van der Waals surface area contributed by atoms with Gasteiger partial charge >= 0.3 is 5.97 Å². The number of carbonyl (C=O) groups excluding carboxylic acids is 1. The molecular weight excluding hydrogens is 214 g/mol. The van der Waals surface area contributed by atoms with Gasteiger partial charge in [-0.2, -0.15) is 0 Å². The van der Waals surface area contributed by atoms with Gasteiger partial charge in [-0.25, -0.2) is 0 Å². The molecule has 1 N–H and O–H groups in total. The average molecular weight is 227 g/mol. The molecule has 82 valence electrons. The number of thiophene rings is 1. The highest BCUT2D eigenvalue weighted by atomic mass is 32.1. The molecule has 1 heterocycles. The minimum Gasteiger partial charge on any atom is -0.481 e. The van der Waals surface area contributed by atoms with Gasteiger partial charge in [0.05, 0.1) is 17.8 Å². The van der Waals surface area contributed by atoms with Gasteiger partial charge in [-0.15, -0.1) is 11.3 Å². The molecule has 1 rings (SSSR count). The third kappa shape index (κ3) is 3.81. The molecule has 0 aromatic carbocycles. The van der Waals surface area contributed by atoms with E-state index in [2.05, 4.69) is 0 Å². The van der Waals surface area contributed by atoms with E-state index in [1.165, 1.54) is 11.3 Å². The van der Waals surface area contributed by atoms with E-state index in [-0.39, 0.29) is 12.2 Å². The second-order valence-corrected chi connectivity index (χ2v) is 4.46. The van der Waals surface area contributed by atoms with Crippen molar-refractivity contribution in [3.63, 3.8) is 0 Å². The van der Waals surface area contributed by atoms with Crippen LogP contribution in [0.4, 0.5) is 0 Å². The molecule has 0 aliphatic carbocycles. The van der Waals surface area contributed by atoms with Crippen molar-refractivity contribution in [2.24, 2.45) is 0 Å². The van der Waals surface area contributed by atoms with Crippen molar-refractivity contribution >= 4 is 23.1 Å². The molecule has 0 amide bonds. The molecule has 15 heavy (non-hydrogen) atoms. The van der Waals surface area contributed by atoms with Crippen LogP contribution in [0.15, 0.2) is 11.4 Å². The number of nitrogens with zero attached hydrogens (tertiary/aromatic N) is 1. The normalized spacial score (nSPS) is 10.6. The summed E-state index contributed by atoms with van der Waals surface area (Å²) in [4.78, 5) is 24.4. The van der Waals surface area contributed by atoms with Crippen LogP contribution in [-0.2, 0) is 11.2 Å². The van der Waals surface area contributed by atoms with Gasteiger partial charge in [0.15, 0.2) is 5.78 Å². The standard InChI is InChI=1S/C10H13NO3S/c1-11(2)5-8(12)9-3-7(6-15-9)4-10(13)14/h3,6H,4-5H2,1-2H3,(H,13,14). The third-order valence-electron chi connectivity index (χ3n) is 1.74. The fourth-order valence-electron chi connectivity index (χ4n) is 1.15. The molecule has 0 spiro atoms. The lowest BCUT2D eigenvalue weighted by molar-refractivity contribution is -0.136. The topological polar surface area (TPSA) is 57.6 Å². The van der Waals surface area contributed by atoms with Crippen molar-refractivity contribution in [2.45, 2.75) is 6.42 Å². The van der Waals surface area contributed by atoms with Crippen LogP contribution in [0.1, 0.15) is 15.2 Å². The van der Waals surface area contributed by atoms with Crippen LogP contribution in [0.25, 0.3) is 0 Å². The number of hydrogen-bond donors (Lipinski definition) is 1. The van der Waals surface area contributed by atoms with Crippen LogP contribution in [0.5, 0.6) is 0 Å². The quantitative estimate of drug-likeness (QED) is 0.766. The van der Waals surface area contributed by atoms with E-state index in [0.717, 1.165) is 0 Å². The number of Topliss-reactive ketones (excluding diaryl/α,β-unsaturated/α-hetero) is 1. The van der Waals surface area contributed by atoms with Crippen molar-refractivity contribution in [3.05, 3.63) is 21.9 Å². The Morgan fingerprint density at radius 3 is 2.67 bits per heavy atom. The van der Waals surface area contributed by atoms with E-state index in [1.54, 1.807) is 16.3 Å². The predicted octanol–water partition coefficient (Wildman–Crippen LogP) is 1.12. The van der Waals surface area contributed by atoms with E-state index >= 15 is 0 Å². The van der Waals surface area contributed by atoms with Gasteiger partial charge in [0, 0.05) is 0 Å². The minimum atomic E-state index is -0.876. The maximum atomic E-state index is 11.6. The fraction of sp³-hybridized carbons (Fsp3) is 0.400. The van der Waals surface area contributed by atoms with Crippen molar-refractivity contribution in [3.8, 4) is 0 Å². The summed E-state index contributed by atoms with van der Waals surface area (Å²) >= 11 is 1.30. The van der Waals surface area contributed by atoms with Crippen molar-refractivity contribution < 1.29 is 14.7 Å². The zero-order valence-corrected chi connectivity index (χ0v) is 9.50. The van der Waals surface area contributed by atoms with Gasteiger partial charge in [0.1, 0.15) is 0 Å². The lowest BCUT2D eigenvalue weighted by atomic mass is 10.2. The molecule has 4 nitrogen and oxygen atoms in total. The Labute approximate surface area is 92.1 Å². The molecule has 0 saturated heterocycles. The number of rotatable bonds is 5. The second-order valence-electron chi connectivity index (χ2n) is 3.55. The monoisotopic (exact) mass is 227 g/mol. The average Bonchev–Trinajstić information content (AvgIpc) is 2.50. The SMILES string of the molecule is CN(C)CC(=O)c1cc(CC(=O)O)cs1. The lowest BCUT2D eigenvalue weighted by Crippen LogP contribution is -2.20. The van der Waals surface area contributed by atoms with Crippen molar-refractivity contribution in [1.82, 2.24) is 4.90 Å². The zero-order chi connectivity index (χ0) is 11.4. The summed E-state index contributed by atoms with van der Waals surface area (Å²) in [7, 11) is 3.65. The molecule has 5 heteroatoms. The molecule has 0 saturated carbocycles. The molecule has 0 atom stereocenters. The highest BCUT2D eigenvalue weighted by Gasteiger charge is 2.11. The lowest BCUT2D eigenvalue weighted by Gasteiger charge is -2.05. The van der Waals surface area contributed by atoms with Crippen LogP contribution in [-0.4, -0.2) is 42.4 Å². The van der Waals surface area contributed by atoms with E-state index in [1.807, 2.05) is 14.1 Å². The Bertz CT molecular complexity index is 370. The Hall–Kier alpha value is -1.20. The molecule has 0 fully saturated rings. The van der Waals surface area contributed by atoms with Crippen LogP contribution in [0.2, 0.25) is 0 Å². The largest absolute Gasteiger partial charge is 0.481 e. The molecule has 1 aromatic heterocycles. The summed E-state index contributed by atoms with van der Waals surface area (Å²) in [6, 6.07) is 1.66. The Morgan fingerprint density at radius 2 is 2.13 bits per heavy atom. The summed E-state index contributed by atoms with van der Waals surface area (Å²) in [5, 5.41) is 10.3. The Kier molecular flexibility index (Phi) is 3.99. The summed E-state index contributed by atoms with van der Waals surface area (Å²) < 4.78 is 0. The number of carbonyl (C=O) groups is 2. The van der Waals surface area contributed by atoms with Gasteiger partial charge in [-0.1, -0.05) is 0 Å². The zero-order valence-electron chi connectivity index (χ0n) is 8.69. The highest BCUT2D eigenvalue weighted by molar-refractivity contribution is 7.12. The highest BCUT2D eigenvalue weighted by Crippen LogP contribution is 2.16. The van der Waals surface area contributed by atoms with E-state index in [9.17, 15) is 9.59 Å². The van der Waals surface area contributed by atoms with Crippen LogP contribution < -0.4 is 0 Å². The predicted molar refractivity (Wildman–Crippen MR) is 58.5 cm³/mol. The van der Waals surface area contributed by atoms with Crippen molar-refractivity contribution in [1.29, 1.82) is 0 Å². The summed E-state index contributed by atoms with van der Waals surface area (Å²) in [5.74, 6) is -0.846. The Balaban J connectivity index is 2.67. The fourth-order valence-corrected chi connectivity index (χ4v) is 2.00. The first-order valence-corrected chi connectivity index (χ1v) is 5.34. The van der Waals surface area contributed by atoms with Crippen molar-refractivity contribution in [2.75, 3.05) is 20.6 Å². The number of carboxylic acids is 1. The molecular formula is C10H13NO3S. The van der Waals surface area contributed by atoms with Gasteiger partial charge in [0.2, 0.25) is 0 Å². The smallest absolute Gasteiger partial charge is 0.307 e. The molecule has 0 aliphatic heterocycles. The molecule has 0 radical (unpaired) electrons. The van der Waals surface area contributed by atoms with Gasteiger partial charge < -0.3 is 10.0 Å². The van der Waals surface area contributed by atoms with E-state index in [0.29, 0.717) is 17.0 Å².